The predicted molar refractivity (Wildman–Crippen MR) is 56.1 cm³/mol. The molecule has 0 aliphatic carbocycles. The van der Waals surface area contributed by atoms with Crippen molar-refractivity contribution in [1.29, 1.82) is 0 Å². The van der Waals surface area contributed by atoms with Crippen LogP contribution in [0.4, 0.5) is 5.69 Å². The Kier molecular flexibility index (Phi) is 2.00. The average Bonchev–Trinajstić information content (AvgIpc) is 2.88. The fraction of sp³-hybridized carbons (Fsp3) is 0.455. The average molecular weight is 176 g/mol. The third-order valence-electron chi connectivity index (χ3n) is 2.81. The van der Waals surface area contributed by atoms with Crippen molar-refractivity contribution < 1.29 is 0 Å². The largest absolute Gasteiger partial charge is 0.363 e. The van der Waals surface area contributed by atoms with Crippen molar-refractivity contribution >= 4 is 5.69 Å². The normalized spacial score (nSPS) is 20.5. The summed E-state index contributed by atoms with van der Waals surface area (Å²) in [5, 5.41) is 0. The molecule has 70 valence electrons. The van der Waals surface area contributed by atoms with Gasteiger partial charge in [-0.3, -0.25) is 0 Å². The number of nitrogens with two attached hydrogens (primary N) is 1. The van der Waals surface area contributed by atoms with Gasteiger partial charge in [0.15, 0.2) is 0 Å². The predicted octanol–water partition coefficient (Wildman–Crippen LogP) is 1.45. The van der Waals surface area contributed by atoms with Crippen molar-refractivity contribution in [3.8, 4) is 0 Å². The second kappa shape index (κ2) is 3.04. The molecule has 1 aromatic carbocycles. The molecule has 1 atom stereocenters. The smallest absolute Gasteiger partial charge is 0.0588 e. The summed E-state index contributed by atoms with van der Waals surface area (Å²) in [6.07, 6.45) is 0. The van der Waals surface area contributed by atoms with E-state index in [9.17, 15) is 0 Å². The highest BCUT2D eigenvalue weighted by atomic mass is 15.3. The summed E-state index contributed by atoms with van der Waals surface area (Å²) in [5.74, 6) is 0. The van der Waals surface area contributed by atoms with Crippen LogP contribution in [0.25, 0.3) is 0 Å². The van der Waals surface area contributed by atoms with E-state index in [2.05, 4.69) is 36.9 Å². The summed E-state index contributed by atoms with van der Waals surface area (Å²) in [4.78, 5) is 2.34. The van der Waals surface area contributed by atoms with E-state index in [-0.39, 0.29) is 0 Å². The maximum Gasteiger partial charge on any atom is 0.0588 e. The first kappa shape index (κ1) is 8.57. The van der Waals surface area contributed by atoms with Crippen molar-refractivity contribution in [2.45, 2.75) is 19.9 Å². The Hall–Kier alpha value is -1.02. The Morgan fingerprint density at radius 1 is 1.38 bits per heavy atom. The zero-order valence-corrected chi connectivity index (χ0v) is 8.25. The lowest BCUT2D eigenvalue weighted by Crippen LogP contribution is -2.11. The molecule has 1 unspecified atom stereocenters. The molecule has 2 nitrogen and oxygen atoms in total. The summed E-state index contributed by atoms with van der Waals surface area (Å²) in [5.41, 5.74) is 9.62. The van der Waals surface area contributed by atoms with Gasteiger partial charge < -0.3 is 10.6 Å². The van der Waals surface area contributed by atoms with Gasteiger partial charge >= 0.3 is 0 Å². The summed E-state index contributed by atoms with van der Waals surface area (Å²) >= 11 is 0. The first-order valence-electron chi connectivity index (χ1n) is 4.76. The Morgan fingerprint density at radius 2 is 2.15 bits per heavy atom. The van der Waals surface area contributed by atoms with Crippen LogP contribution in [0.5, 0.6) is 0 Å². The maximum atomic E-state index is 5.59. The Morgan fingerprint density at radius 3 is 2.69 bits per heavy atom. The summed E-state index contributed by atoms with van der Waals surface area (Å²) in [6.45, 7) is 6.19. The van der Waals surface area contributed by atoms with Crippen molar-refractivity contribution in [2.24, 2.45) is 5.73 Å². The van der Waals surface area contributed by atoms with E-state index in [0.717, 1.165) is 13.1 Å². The van der Waals surface area contributed by atoms with Gasteiger partial charge in [0, 0.05) is 18.8 Å². The molecular formula is C11H16N2. The Balaban J connectivity index is 2.19. The zero-order chi connectivity index (χ0) is 9.42. The van der Waals surface area contributed by atoms with Gasteiger partial charge in [0.1, 0.15) is 0 Å². The van der Waals surface area contributed by atoms with Crippen LogP contribution in [0.3, 0.4) is 0 Å². The minimum Gasteiger partial charge on any atom is -0.363 e. The van der Waals surface area contributed by atoms with Gasteiger partial charge in [-0.15, -0.1) is 0 Å². The maximum absolute atomic E-state index is 5.59. The van der Waals surface area contributed by atoms with Gasteiger partial charge in [0.05, 0.1) is 6.04 Å². The highest BCUT2D eigenvalue weighted by molar-refractivity contribution is 5.56. The lowest BCUT2D eigenvalue weighted by atomic mass is 10.1. The van der Waals surface area contributed by atoms with Crippen LogP contribution < -0.4 is 10.6 Å². The van der Waals surface area contributed by atoms with Crippen LogP contribution in [-0.4, -0.2) is 19.1 Å². The third-order valence-corrected chi connectivity index (χ3v) is 2.81. The minimum atomic E-state index is 0.585. The van der Waals surface area contributed by atoms with Crippen LogP contribution in [0.2, 0.25) is 0 Å². The fourth-order valence-corrected chi connectivity index (χ4v) is 1.60. The van der Waals surface area contributed by atoms with Crippen molar-refractivity contribution in [2.75, 3.05) is 18.0 Å². The lowest BCUT2D eigenvalue weighted by Gasteiger charge is -2.07. The molecule has 0 saturated carbocycles. The first-order valence-corrected chi connectivity index (χ1v) is 4.76. The molecular weight excluding hydrogens is 160 g/mol. The van der Waals surface area contributed by atoms with E-state index >= 15 is 0 Å². The second-order valence-corrected chi connectivity index (χ2v) is 3.81. The van der Waals surface area contributed by atoms with E-state index in [4.69, 9.17) is 5.73 Å². The number of nitrogens with zero attached hydrogens (tertiary/aromatic N) is 1. The molecule has 1 saturated heterocycles. The van der Waals surface area contributed by atoms with E-state index in [1.165, 1.54) is 16.8 Å². The molecule has 0 spiro atoms. The minimum absolute atomic E-state index is 0.585. The van der Waals surface area contributed by atoms with Gasteiger partial charge in [0.25, 0.3) is 0 Å². The molecule has 1 aliphatic rings. The number of hydrogen-bond donors (Lipinski definition) is 1. The quantitative estimate of drug-likeness (QED) is 0.691. The number of aryl methyl sites for hydroxylation is 2. The van der Waals surface area contributed by atoms with Crippen molar-refractivity contribution in [3.63, 3.8) is 0 Å². The number of hydrogen-bond acceptors (Lipinski definition) is 2. The summed E-state index contributed by atoms with van der Waals surface area (Å²) in [7, 11) is 0. The zero-order valence-electron chi connectivity index (χ0n) is 8.25. The molecule has 13 heavy (non-hydrogen) atoms. The van der Waals surface area contributed by atoms with E-state index in [1.54, 1.807) is 0 Å². The van der Waals surface area contributed by atoms with Crippen molar-refractivity contribution in [1.82, 2.24) is 0 Å². The van der Waals surface area contributed by atoms with E-state index in [0.29, 0.717) is 6.04 Å². The molecule has 1 heterocycles. The van der Waals surface area contributed by atoms with E-state index < -0.39 is 0 Å². The molecule has 0 aromatic heterocycles. The van der Waals surface area contributed by atoms with Crippen LogP contribution >= 0.6 is 0 Å². The van der Waals surface area contributed by atoms with Gasteiger partial charge in [-0.05, 0) is 37.1 Å². The van der Waals surface area contributed by atoms with E-state index in [1.807, 2.05) is 0 Å². The van der Waals surface area contributed by atoms with Crippen molar-refractivity contribution in [3.05, 3.63) is 29.3 Å². The third kappa shape index (κ3) is 1.54. The molecule has 0 amide bonds. The highest BCUT2D eigenvalue weighted by Gasteiger charge is 2.32. The number of benzene rings is 1. The number of rotatable bonds is 2. The monoisotopic (exact) mass is 176 g/mol. The molecule has 2 rings (SSSR count). The second-order valence-electron chi connectivity index (χ2n) is 3.81. The molecule has 0 radical (unpaired) electrons. The topological polar surface area (TPSA) is 29.0 Å². The van der Waals surface area contributed by atoms with Crippen LogP contribution in [0.15, 0.2) is 18.2 Å². The van der Waals surface area contributed by atoms with Crippen LogP contribution in [-0.2, 0) is 0 Å². The highest BCUT2D eigenvalue weighted by Crippen LogP contribution is 2.28. The Bertz CT molecular complexity index is 320. The fourth-order valence-electron chi connectivity index (χ4n) is 1.60. The molecule has 1 fully saturated rings. The molecule has 2 N–H and O–H groups in total. The Labute approximate surface area is 79.4 Å². The standard InChI is InChI=1S/C11H16N2/c1-8-3-4-10(5-9(8)2)13-7-11(13)6-12/h3-5,11H,6-7,12H2,1-2H3. The van der Waals surface area contributed by atoms with Crippen LogP contribution in [0.1, 0.15) is 11.1 Å². The number of anilines is 1. The SMILES string of the molecule is Cc1ccc(N2CC2CN)cc1C. The van der Waals surface area contributed by atoms with Gasteiger partial charge in [-0.25, -0.2) is 0 Å². The van der Waals surface area contributed by atoms with Gasteiger partial charge in [-0.1, -0.05) is 6.07 Å². The lowest BCUT2D eigenvalue weighted by molar-refractivity contribution is 0.966. The van der Waals surface area contributed by atoms with Crippen LogP contribution in [0, 0.1) is 13.8 Å². The molecule has 1 aliphatic heterocycles. The first-order chi connectivity index (χ1) is 6.22. The molecule has 0 bridgehead atoms. The molecule has 1 aromatic rings. The summed E-state index contributed by atoms with van der Waals surface area (Å²) in [6, 6.07) is 7.18. The van der Waals surface area contributed by atoms with Gasteiger partial charge in [-0.2, -0.15) is 0 Å². The summed E-state index contributed by atoms with van der Waals surface area (Å²) < 4.78 is 0. The van der Waals surface area contributed by atoms with Gasteiger partial charge in [0.2, 0.25) is 0 Å². The molecule has 2 heteroatoms.